The number of nitrogens with zero attached hydrogens (tertiary/aromatic N) is 1. The van der Waals surface area contributed by atoms with Crippen molar-refractivity contribution in [3.63, 3.8) is 0 Å². The average Bonchev–Trinajstić information content (AvgIpc) is 3.00. The summed E-state index contributed by atoms with van der Waals surface area (Å²) in [5.41, 5.74) is 7.86. The number of nitrogens with two attached hydrogens (primary N) is 1. The van der Waals surface area contributed by atoms with Crippen LogP contribution in [-0.4, -0.2) is 24.5 Å². The first-order valence-electron chi connectivity index (χ1n) is 5.30. The Balaban J connectivity index is 1.82. The third-order valence-electron chi connectivity index (χ3n) is 2.90. The van der Waals surface area contributed by atoms with Gasteiger partial charge in [-0.3, -0.25) is 0 Å². The van der Waals surface area contributed by atoms with Gasteiger partial charge in [0.25, 0.3) is 0 Å². The van der Waals surface area contributed by atoms with Crippen molar-refractivity contribution in [3.05, 3.63) is 29.8 Å². The first-order chi connectivity index (χ1) is 6.75. The van der Waals surface area contributed by atoms with E-state index in [2.05, 4.69) is 24.1 Å². The highest BCUT2D eigenvalue weighted by Crippen LogP contribution is 2.25. The molecule has 0 heterocycles. The zero-order valence-electron chi connectivity index (χ0n) is 8.74. The van der Waals surface area contributed by atoms with Crippen molar-refractivity contribution in [3.8, 4) is 0 Å². The zero-order valence-corrected chi connectivity index (χ0v) is 8.74. The smallest absolute Gasteiger partial charge is 0.0314 e. The number of hydrogen-bond acceptors (Lipinski definition) is 2. The lowest BCUT2D eigenvalue weighted by Crippen LogP contribution is -2.23. The number of hydrogen-bond donors (Lipinski definition) is 1. The van der Waals surface area contributed by atoms with E-state index in [-0.39, 0.29) is 0 Å². The van der Waals surface area contributed by atoms with E-state index in [9.17, 15) is 0 Å². The summed E-state index contributed by atoms with van der Waals surface area (Å²) < 4.78 is 0. The number of likely N-dealkylation sites (N-methyl/N-ethyl adjacent to an activating group) is 1. The molecule has 0 unspecified atom stereocenters. The van der Waals surface area contributed by atoms with Gasteiger partial charge < -0.3 is 10.6 Å². The van der Waals surface area contributed by atoms with Gasteiger partial charge in [-0.2, -0.15) is 0 Å². The Hall–Kier alpha value is -1.02. The molecule has 1 fully saturated rings. The minimum atomic E-state index is 0.851. The molecule has 0 aromatic heterocycles. The fourth-order valence-corrected chi connectivity index (χ4v) is 1.69. The molecule has 1 saturated carbocycles. The summed E-state index contributed by atoms with van der Waals surface area (Å²) in [7, 11) is 2.22. The van der Waals surface area contributed by atoms with Crippen LogP contribution in [0.4, 0.5) is 5.69 Å². The van der Waals surface area contributed by atoms with Crippen LogP contribution in [0, 0.1) is 0 Å². The first-order valence-corrected chi connectivity index (χ1v) is 5.30. The molecule has 0 amide bonds. The third kappa shape index (κ3) is 2.48. The van der Waals surface area contributed by atoms with Crippen molar-refractivity contribution in [2.24, 2.45) is 0 Å². The molecule has 1 aliphatic carbocycles. The summed E-state index contributed by atoms with van der Waals surface area (Å²) in [4.78, 5) is 2.45. The number of benzene rings is 1. The summed E-state index contributed by atoms with van der Waals surface area (Å²) in [5, 5.41) is 0. The molecule has 0 spiro atoms. The molecule has 1 aromatic rings. The third-order valence-corrected chi connectivity index (χ3v) is 2.90. The quantitative estimate of drug-likeness (QED) is 0.735. The van der Waals surface area contributed by atoms with Crippen LogP contribution in [0.15, 0.2) is 24.3 Å². The molecular formula is C12H18N2. The van der Waals surface area contributed by atoms with Crippen molar-refractivity contribution in [2.75, 3.05) is 19.3 Å². The molecule has 1 aromatic carbocycles. The molecule has 2 N–H and O–H groups in total. The molecule has 2 nitrogen and oxygen atoms in total. The zero-order chi connectivity index (χ0) is 9.97. The van der Waals surface area contributed by atoms with Gasteiger partial charge in [0.15, 0.2) is 0 Å². The lowest BCUT2D eigenvalue weighted by atomic mass is 10.1. The second-order valence-corrected chi connectivity index (χ2v) is 4.20. The monoisotopic (exact) mass is 190 g/mol. The fraction of sp³-hybridized carbons (Fsp3) is 0.500. The highest BCUT2D eigenvalue weighted by atomic mass is 15.1. The van der Waals surface area contributed by atoms with Crippen LogP contribution in [0.3, 0.4) is 0 Å². The first kappa shape index (κ1) is 9.53. The second-order valence-electron chi connectivity index (χ2n) is 4.20. The summed E-state index contributed by atoms with van der Waals surface area (Å²) >= 11 is 0. The summed E-state index contributed by atoms with van der Waals surface area (Å²) in [6.45, 7) is 1.16. The van der Waals surface area contributed by atoms with Crippen LogP contribution in [0.5, 0.6) is 0 Å². The molecule has 2 heteroatoms. The normalized spacial score (nSPS) is 16.1. The Morgan fingerprint density at radius 1 is 1.29 bits per heavy atom. The molecule has 76 valence electrons. The van der Waals surface area contributed by atoms with E-state index in [0.29, 0.717) is 0 Å². The van der Waals surface area contributed by atoms with Crippen molar-refractivity contribution in [2.45, 2.75) is 25.3 Å². The van der Waals surface area contributed by atoms with Gasteiger partial charge in [-0.05, 0) is 44.0 Å². The summed E-state index contributed by atoms with van der Waals surface area (Å²) in [6.07, 6.45) is 3.91. The van der Waals surface area contributed by atoms with Gasteiger partial charge >= 0.3 is 0 Å². The van der Waals surface area contributed by atoms with Crippen molar-refractivity contribution < 1.29 is 0 Å². The van der Waals surface area contributed by atoms with Crippen molar-refractivity contribution in [1.82, 2.24) is 4.90 Å². The van der Waals surface area contributed by atoms with Crippen LogP contribution in [0.2, 0.25) is 0 Å². The van der Waals surface area contributed by atoms with Gasteiger partial charge in [-0.25, -0.2) is 0 Å². The predicted molar refractivity (Wildman–Crippen MR) is 60.2 cm³/mol. The number of nitrogen functional groups attached to an aromatic ring is 1. The average molecular weight is 190 g/mol. The topological polar surface area (TPSA) is 29.3 Å². The molecule has 0 bridgehead atoms. The second kappa shape index (κ2) is 4.01. The van der Waals surface area contributed by atoms with E-state index in [1.807, 2.05) is 12.1 Å². The lowest BCUT2D eigenvalue weighted by molar-refractivity contribution is 0.328. The summed E-state index contributed by atoms with van der Waals surface area (Å²) in [6, 6.07) is 9.06. The highest BCUT2D eigenvalue weighted by molar-refractivity contribution is 5.39. The highest BCUT2D eigenvalue weighted by Gasteiger charge is 2.25. The largest absolute Gasteiger partial charge is 0.399 e. The minimum absolute atomic E-state index is 0.851. The van der Waals surface area contributed by atoms with Crippen LogP contribution in [0.1, 0.15) is 18.4 Å². The Kier molecular flexibility index (Phi) is 2.73. The van der Waals surface area contributed by atoms with Crippen LogP contribution >= 0.6 is 0 Å². The Morgan fingerprint density at radius 2 is 1.93 bits per heavy atom. The van der Waals surface area contributed by atoms with E-state index in [1.165, 1.54) is 18.4 Å². The maximum Gasteiger partial charge on any atom is 0.0314 e. The minimum Gasteiger partial charge on any atom is -0.399 e. The molecule has 0 radical (unpaired) electrons. The lowest BCUT2D eigenvalue weighted by Gasteiger charge is -2.15. The van der Waals surface area contributed by atoms with E-state index in [0.717, 1.165) is 24.7 Å². The molecular weight excluding hydrogens is 172 g/mol. The fourth-order valence-electron chi connectivity index (χ4n) is 1.69. The van der Waals surface area contributed by atoms with E-state index in [1.54, 1.807) is 0 Å². The van der Waals surface area contributed by atoms with Gasteiger partial charge in [0.05, 0.1) is 0 Å². The Labute approximate surface area is 85.7 Å². The van der Waals surface area contributed by atoms with E-state index >= 15 is 0 Å². The van der Waals surface area contributed by atoms with Gasteiger partial charge in [-0.1, -0.05) is 12.1 Å². The Bertz CT molecular complexity index is 288. The van der Waals surface area contributed by atoms with Crippen LogP contribution < -0.4 is 5.73 Å². The van der Waals surface area contributed by atoms with E-state index < -0.39 is 0 Å². The van der Waals surface area contributed by atoms with Crippen molar-refractivity contribution in [1.29, 1.82) is 0 Å². The maximum atomic E-state index is 5.63. The molecule has 2 rings (SSSR count). The van der Waals surface area contributed by atoms with Gasteiger partial charge in [0.2, 0.25) is 0 Å². The number of anilines is 1. The molecule has 0 aliphatic heterocycles. The SMILES string of the molecule is CN(CCc1ccc(N)cc1)C1CC1. The van der Waals surface area contributed by atoms with Crippen molar-refractivity contribution >= 4 is 5.69 Å². The van der Waals surface area contributed by atoms with Crippen LogP contribution in [0.25, 0.3) is 0 Å². The van der Waals surface area contributed by atoms with Crippen LogP contribution in [-0.2, 0) is 6.42 Å². The molecule has 14 heavy (non-hydrogen) atoms. The predicted octanol–water partition coefficient (Wildman–Crippen LogP) is 1.91. The number of rotatable bonds is 4. The van der Waals surface area contributed by atoms with Gasteiger partial charge in [0, 0.05) is 18.3 Å². The molecule has 0 atom stereocenters. The van der Waals surface area contributed by atoms with Gasteiger partial charge in [0.1, 0.15) is 0 Å². The standard InChI is InChI=1S/C12H18N2/c1-14(12-6-7-12)9-8-10-2-4-11(13)5-3-10/h2-5,12H,6-9,13H2,1H3. The summed E-state index contributed by atoms with van der Waals surface area (Å²) in [5.74, 6) is 0. The molecule has 1 aliphatic rings. The maximum absolute atomic E-state index is 5.63. The van der Waals surface area contributed by atoms with Gasteiger partial charge in [-0.15, -0.1) is 0 Å². The Morgan fingerprint density at radius 3 is 2.50 bits per heavy atom. The molecule has 0 saturated heterocycles. The van der Waals surface area contributed by atoms with E-state index in [4.69, 9.17) is 5.73 Å².